The van der Waals surface area contributed by atoms with Crippen molar-refractivity contribution in [1.29, 1.82) is 0 Å². The molecule has 2 heterocycles. The Balaban J connectivity index is 1.49. The fourth-order valence-corrected chi connectivity index (χ4v) is 4.32. The summed E-state index contributed by atoms with van der Waals surface area (Å²) in [5.74, 6) is 2.34. The summed E-state index contributed by atoms with van der Waals surface area (Å²) in [5.41, 5.74) is 2.99. The van der Waals surface area contributed by atoms with Crippen LogP contribution in [0.2, 0.25) is 0 Å². The van der Waals surface area contributed by atoms with Gasteiger partial charge >= 0.3 is 0 Å². The van der Waals surface area contributed by atoms with E-state index in [0.29, 0.717) is 18.0 Å². The van der Waals surface area contributed by atoms with E-state index < -0.39 is 0 Å². The molecule has 0 unspecified atom stereocenters. The molecule has 7 heteroatoms. The molecule has 2 aliphatic rings. The number of hydrogen-bond donors (Lipinski definition) is 4. The van der Waals surface area contributed by atoms with E-state index in [4.69, 9.17) is 9.97 Å². The summed E-state index contributed by atoms with van der Waals surface area (Å²) in [4.78, 5) is 14.1. The van der Waals surface area contributed by atoms with E-state index in [2.05, 4.69) is 46.9 Å². The van der Waals surface area contributed by atoms with Gasteiger partial charge < -0.3 is 21.1 Å². The molecule has 2 aromatic heterocycles. The third kappa shape index (κ3) is 6.62. The summed E-state index contributed by atoms with van der Waals surface area (Å²) in [6.07, 6.45) is 12.1. The smallest absolute Gasteiger partial charge is 0.224 e. The lowest BCUT2D eigenvalue weighted by Crippen LogP contribution is -2.29. The molecule has 4 rings (SSSR count). The first-order chi connectivity index (χ1) is 15.6. The molecule has 0 spiro atoms. The summed E-state index contributed by atoms with van der Waals surface area (Å²) < 4.78 is 0. The highest BCUT2D eigenvalue weighted by Gasteiger charge is 2.22. The molecule has 0 bridgehead atoms. The summed E-state index contributed by atoms with van der Waals surface area (Å²) in [6.45, 7) is 6.30. The maximum Gasteiger partial charge on any atom is 0.224 e. The highest BCUT2D eigenvalue weighted by atomic mass is 16.3. The Labute approximate surface area is 191 Å². The Hall–Kier alpha value is -2.25. The average Bonchev–Trinajstić information content (AvgIpc) is 3.61. The number of hydrogen-bond acceptors (Lipinski definition) is 7. The number of rotatable bonds is 11. The van der Waals surface area contributed by atoms with Gasteiger partial charge in [0.2, 0.25) is 5.95 Å². The summed E-state index contributed by atoms with van der Waals surface area (Å²) in [7, 11) is 0. The number of nitrogens with zero attached hydrogens (tertiary/aromatic N) is 3. The molecule has 1 atom stereocenters. The zero-order valence-electron chi connectivity index (χ0n) is 19.5. The molecular weight excluding hydrogens is 400 g/mol. The third-order valence-corrected chi connectivity index (χ3v) is 6.48. The van der Waals surface area contributed by atoms with Gasteiger partial charge in [-0.1, -0.05) is 19.4 Å². The van der Waals surface area contributed by atoms with Crippen molar-refractivity contribution in [3.05, 3.63) is 30.1 Å². The zero-order valence-corrected chi connectivity index (χ0v) is 19.5. The van der Waals surface area contributed by atoms with Crippen LogP contribution in [-0.2, 0) is 6.54 Å². The van der Waals surface area contributed by atoms with Crippen LogP contribution in [-0.4, -0.2) is 44.8 Å². The predicted octanol–water partition coefficient (Wildman–Crippen LogP) is 4.35. The van der Waals surface area contributed by atoms with Crippen molar-refractivity contribution >= 4 is 11.8 Å². The highest BCUT2D eigenvalue weighted by Crippen LogP contribution is 2.30. The van der Waals surface area contributed by atoms with Gasteiger partial charge in [0.05, 0.1) is 17.4 Å². The van der Waals surface area contributed by atoms with Crippen LogP contribution in [0.1, 0.15) is 70.8 Å². The van der Waals surface area contributed by atoms with Gasteiger partial charge in [-0.15, -0.1) is 0 Å². The molecule has 0 radical (unpaired) electrons. The number of aliphatic hydroxyl groups excluding tert-OH is 1. The van der Waals surface area contributed by atoms with Gasteiger partial charge in [0.1, 0.15) is 5.82 Å². The summed E-state index contributed by atoms with van der Waals surface area (Å²) in [5, 5.41) is 20.4. The minimum Gasteiger partial charge on any atom is -0.393 e. The van der Waals surface area contributed by atoms with Gasteiger partial charge in [-0.05, 0) is 76.0 Å². The van der Waals surface area contributed by atoms with E-state index in [0.717, 1.165) is 74.6 Å². The minimum absolute atomic E-state index is 0.173. The van der Waals surface area contributed by atoms with E-state index in [-0.39, 0.29) is 6.10 Å². The van der Waals surface area contributed by atoms with Crippen molar-refractivity contribution in [3.8, 4) is 11.3 Å². The molecule has 2 aromatic rings. The van der Waals surface area contributed by atoms with E-state index in [1.165, 1.54) is 18.4 Å². The quantitative estimate of drug-likeness (QED) is 0.414. The van der Waals surface area contributed by atoms with Crippen molar-refractivity contribution < 1.29 is 5.11 Å². The predicted molar refractivity (Wildman–Crippen MR) is 130 cm³/mol. The number of anilines is 2. The molecule has 0 aromatic carbocycles. The van der Waals surface area contributed by atoms with Gasteiger partial charge in [-0.25, -0.2) is 4.98 Å². The molecular formula is C25H38N6O. The second kappa shape index (κ2) is 11.1. The molecule has 4 N–H and O–H groups in total. The zero-order chi connectivity index (χ0) is 22.3. The fourth-order valence-electron chi connectivity index (χ4n) is 4.32. The van der Waals surface area contributed by atoms with Crippen molar-refractivity contribution in [2.75, 3.05) is 17.2 Å². The number of pyridine rings is 1. The molecule has 174 valence electrons. The Kier molecular flexibility index (Phi) is 7.92. The third-order valence-electron chi connectivity index (χ3n) is 6.48. The standard InChI is InChI=1S/C25H38N6O/c1-3-4-17(2)29-25-28-16-22(24(31-25)30-20-8-10-21(32)11-9-20)23-12-7-19(15-27-23)14-26-13-18-5-6-18/h7,12,15-18,20-21,26,32H,3-6,8-11,13-14H2,1-2H3,(H2,28,29,30,31)/t17-,20?,21?/m0/s1. The molecule has 0 saturated heterocycles. The van der Waals surface area contributed by atoms with Gasteiger partial charge in [0.15, 0.2) is 0 Å². The second-order valence-electron chi connectivity index (χ2n) is 9.57. The maximum atomic E-state index is 9.86. The topological polar surface area (TPSA) is 95.0 Å². The van der Waals surface area contributed by atoms with Crippen molar-refractivity contribution in [1.82, 2.24) is 20.3 Å². The van der Waals surface area contributed by atoms with Crippen LogP contribution in [0.4, 0.5) is 11.8 Å². The molecule has 0 amide bonds. The van der Waals surface area contributed by atoms with Crippen LogP contribution in [0, 0.1) is 5.92 Å². The van der Waals surface area contributed by atoms with Crippen LogP contribution in [0.5, 0.6) is 0 Å². The lowest BCUT2D eigenvalue weighted by atomic mass is 9.93. The van der Waals surface area contributed by atoms with Crippen LogP contribution in [0.25, 0.3) is 11.3 Å². The van der Waals surface area contributed by atoms with Crippen molar-refractivity contribution in [3.63, 3.8) is 0 Å². The SMILES string of the molecule is CCC[C@H](C)Nc1ncc(-c2ccc(CNCC3CC3)cn2)c(NC2CCC(O)CC2)n1. The lowest BCUT2D eigenvalue weighted by Gasteiger charge is -2.27. The van der Waals surface area contributed by atoms with Crippen LogP contribution < -0.4 is 16.0 Å². The first-order valence-electron chi connectivity index (χ1n) is 12.3. The Morgan fingerprint density at radius 3 is 2.56 bits per heavy atom. The molecule has 2 aliphatic carbocycles. The number of nitrogens with one attached hydrogen (secondary N) is 3. The minimum atomic E-state index is -0.173. The van der Waals surface area contributed by atoms with Crippen LogP contribution in [0.3, 0.4) is 0 Å². The van der Waals surface area contributed by atoms with Gasteiger partial charge in [0.25, 0.3) is 0 Å². The lowest BCUT2D eigenvalue weighted by molar-refractivity contribution is 0.126. The van der Waals surface area contributed by atoms with Gasteiger partial charge in [-0.3, -0.25) is 4.98 Å². The second-order valence-corrected chi connectivity index (χ2v) is 9.57. The van der Waals surface area contributed by atoms with Crippen LogP contribution in [0.15, 0.2) is 24.5 Å². The van der Waals surface area contributed by atoms with Crippen molar-refractivity contribution in [2.24, 2.45) is 5.92 Å². The molecule has 32 heavy (non-hydrogen) atoms. The molecule has 7 nitrogen and oxygen atoms in total. The van der Waals surface area contributed by atoms with Gasteiger partial charge in [-0.2, -0.15) is 4.98 Å². The Bertz CT molecular complexity index is 846. The monoisotopic (exact) mass is 438 g/mol. The summed E-state index contributed by atoms with van der Waals surface area (Å²) in [6, 6.07) is 4.83. The van der Waals surface area contributed by atoms with Crippen molar-refractivity contribution in [2.45, 2.75) is 89.9 Å². The maximum absolute atomic E-state index is 9.86. The number of aliphatic hydroxyl groups is 1. The molecule has 0 aliphatic heterocycles. The largest absolute Gasteiger partial charge is 0.393 e. The average molecular weight is 439 g/mol. The Morgan fingerprint density at radius 2 is 1.88 bits per heavy atom. The first kappa shape index (κ1) is 22.9. The van der Waals surface area contributed by atoms with Gasteiger partial charge in [0, 0.05) is 31.0 Å². The highest BCUT2D eigenvalue weighted by molar-refractivity contribution is 5.73. The van der Waals surface area contributed by atoms with E-state index in [9.17, 15) is 5.11 Å². The van der Waals surface area contributed by atoms with E-state index >= 15 is 0 Å². The first-order valence-corrected chi connectivity index (χ1v) is 12.3. The summed E-state index contributed by atoms with van der Waals surface area (Å²) >= 11 is 0. The molecule has 2 saturated carbocycles. The number of aromatic nitrogens is 3. The Morgan fingerprint density at radius 1 is 1.06 bits per heavy atom. The normalized spacial score (nSPS) is 21.8. The molecule has 2 fully saturated rings. The van der Waals surface area contributed by atoms with Crippen LogP contribution >= 0.6 is 0 Å². The van der Waals surface area contributed by atoms with E-state index in [1.54, 1.807) is 0 Å². The van der Waals surface area contributed by atoms with E-state index in [1.807, 2.05) is 12.4 Å². The fraction of sp³-hybridized carbons (Fsp3) is 0.640.